The third kappa shape index (κ3) is 5.58. The number of benzene rings is 4. The molecule has 0 saturated heterocycles. The molecule has 1 heterocycles. The van der Waals surface area contributed by atoms with Gasteiger partial charge in [0.2, 0.25) is 0 Å². The Bertz CT molecular complexity index is 1590. The van der Waals surface area contributed by atoms with Crippen LogP contribution in [0.5, 0.6) is 0 Å². The van der Waals surface area contributed by atoms with Crippen molar-refractivity contribution >= 4 is 45.8 Å². The van der Waals surface area contributed by atoms with Crippen LogP contribution in [0.4, 0.5) is 0 Å². The first-order valence-electron chi connectivity index (χ1n) is 11.7. The van der Waals surface area contributed by atoms with E-state index in [1.165, 1.54) is 11.8 Å². The minimum atomic E-state index is -0.230. The van der Waals surface area contributed by atoms with Gasteiger partial charge < -0.3 is 0 Å². The lowest BCUT2D eigenvalue weighted by atomic mass is 10.0. The van der Waals surface area contributed by atoms with Gasteiger partial charge in [-0.1, -0.05) is 95.7 Å². The number of carbonyl (C=O) groups excluding carboxylic acids is 1. The topological polar surface area (TPSA) is 72.2 Å². The second-order valence-electron chi connectivity index (χ2n) is 8.53. The van der Waals surface area contributed by atoms with E-state index in [-0.39, 0.29) is 11.7 Å². The number of aryl methyl sites for hydroxylation is 1. The second kappa shape index (κ2) is 11.0. The predicted octanol–water partition coefficient (Wildman–Crippen LogP) is 6.68. The van der Waals surface area contributed by atoms with Crippen LogP contribution in [-0.2, 0) is 4.79 Å². The molecule has 6 nitrogen and oxygen atoms in total. The molecule has 0 radical (unpaired) electrons. The molecule has 1 aromatic heterocycles. The normalized spacial score (nSPS) is 11.6. The summed E-state index contributed by atoms with van der Waals surface area (Å²) in [5, 5.41) is 16.6. The molecule has 0 spiro atoms. The Kier molecular flexibility index (Phi) is 7.35. The molecule has 8 heteroatoms. The molecule has 1 amide bonds. The van der Waals surface area contributed by atoms with E-state index in [0.29, 0.717) is 16.0 Å². The number of halogens is 1. The number of carbonyl (C=O) groups is 1. The molecule has 37 heavy (non-hydrogen) atoms. The van der Waals surface area contributed by atoms with E-state index in [0.717, 1.165) is 38.9 Å². The molecular formula is C29H24ClN5OS. The van der Waals surface area contributed by atoms with E-state index in [4.69, 9.17) is 11.6 Å². The van der Waals surface area contributed by atoms with Crippen LogP contribution in [-0.4, -0.2) is 32.1 Å². The highest BCUT2D eigenvalue weighted by molar-refractivity contribution is 7.99. The van der Waals surface area contributed by atoms with E-state index in [1.54, 1.807) is 0 Å². The first kappa shape index (κ1) is 24.7. The van der Waals surface area contributed by atoms with E-state index >= 15 is 0 Å². The molecule has 4 aromatic carbocycles. The lowest BCUT2D eigenvalue weighted by molar-refractivity contribution is -0.118. The van der Waals surface area contributed by atoms with Crippen molar-refractivity contribution in [1.29, 1.82) is 0 Å². The Balaban J connectivity index is 1.35. The molecule has 0 fully saturated rings. The number of hydrogen-bond donors (Lipinski definition) is 1. The van der Waals surface area contributed by atoms with Crippen molar-refractivity contribution in [3.05, 3.63) is 107 Å². The minimum absolute atomic E-state index is 0.131. The fraction of sp³-hybridized carbons (Fsp3) is 0.103. The number of thioether (sulfide) groups is 1. The molecular weight excluding hydrogens is 502 g/mol. The molecule has 1 N–H and O–H groups in total. The Hall–Kier alpha value is -3.94. The fourth-order valence-corrected chi connectivity index (χ4v) is 4.86. The molecule has 0 saturated carbocycles. The number of amides is 1. The highest BCUT2D eigenvalue weighted by Gasteiger charge is 2.17. The van der Waals surface area contributed by atoms with Gasteiger partial charge in [-0.2, -0.15) is 5.10 Å². The maximum atomic E-state index is 12.7. The van der Waals surface area contributed by atoms with Crippen molar-refractivity contribution in [3.63, 3.8) is 0 Å². The molecule has 0 aliphatic rings. The molecule has 0 aliphatic heterocycles. The van der Waals surface area contributed by atoms with Crippen LogP contribution in [0.15, 0.2) is 101 Å². The maximum absolute atomic E-state index is 12.7. The second-order valence-corrected chi connectivity index (χ2v) is 9.91. The van der Waals surface area contributed by atoms with Gasteiger partial charge in [0.15, 0.2) is 11.0 Å². The number of nitrogens with one attached hydrogen (secondary N) is 1. The average Bonchev–Trinajstić information content (AvgIpc) is 3.35. The van der Waals surface area contributed by atoms with E-state index in [9.17, 15) is 4.79 Å². The standard InChI is InChI=1S/C29H24ClN5OS/c1-19-10-12-22(13-11-19)28-33-34-29(35(28)24-16-14-23(30)15-17-24)37-18-27(36)32-31-20(2)25-9-5-7-21-6-3-4-8-26(21)25/h3-17H,18H2,1-2H3,(H,32,36)/b31-20+. The SMILES string of the molecule is C/C(=N\NC(=O)CSc1nnc(-c2ccc(C)cc2)n1-c1ccc(Cl)cc1)c1cccc2ccccc12. The van der Waals surface area contributed by atoms with Crippen LogP contribution in [0.25, 0.3) is 27.8 Å². The molecule has 0 atom stereocenters. The molecule has 0 bridgehead atoms. The number of aromatic nitrogens is 3. The molecule has 5 aromatic rings. The zero-order valence-electron chi connectivity index (χ0n) is 20.4. The van der Waals surface area contributed by atoms with Crippen LogP contribution < -0.4 is 5.43 Å². The Morgan fingerprint density at radius 1 is 0.946 bits per heavy atom. The van der Waals surface area contributed by atoms with Crippen LogP contribution in [0.2, 0.25) is 5.02 Å². The largest absolute Gasteiger partial charge is 0.272 e. The van der Waals surface area contributed by atoms with Gasteiger partial charge in [-0.05, 0) is 48.9 Å². The van der Waals surface area contributed by atoms with Crippen molar-refractivity contribution in [3.8, 4) is 17.1 Å². The van der Waals surface area contributed by atoms with Gasteiger partial charge in [0.05, 0.1) is 11.5 Å². The van der Waals surface area contributed by atoms with Crippen molar-refractivity contribution in [2.24, 2.45) is 5.10 Å². The summed E-state index contributed by atoms with van der Waals surface area (Å²) in [5.74, 6) is 0.591. The summed E-state index contributed by atoms with van der Waals surface area (Å²) in [5.41, 5.74) is 7.35. The van der Waals surface area contributed by atoms with Crippen LogP contribution in [0, 0.1) is 6.92 Å². The van der Waals surface area contributed by atoms with Crippen molar-refractivity contribution < 1.29 is 4.79 Å². The Morgan fingerprint density at radius 3 is 2.46 bits per heavy atom. The number of hydrazone groups is 1. The third-order valence-electron chi connectivity index (χ3n) is 5.89. The Morgan fingerprint density at radius 2 is 1.68 bits per heavy atom. The molecule has 0 aliphatic carbocycles. The number of rotatable bonds is 7. The van der Waals surface area contributed by atoms with Gasteiger partial charge in [-0.25, -0.2) is 5.43 Å². The fourth-order valence-electron chi connectivity index (χ4n) is 3.99. The van der Waals surface area contributed by atoms with Crippen molar-refractivity contribution in [2.75, 3.05) is 5.75 Å². The zero-order chi connectivity index (χ0) is 25.8. The first-order chi connectivity index (χ1) is 18.0. The summed E-state index contributed by atoms with van der Waals surface area (Å²) in [6.07, 6.45) is 0. The van der Waals surface area contributed by atoms with E-state index in [1.807, 2.05) is 91.2 Å². The van der Waals surface area contributed by atoms with Gasteiger partial charge >= 0.3 is 0 Å². The van der Waals surface area contributed by atoms with Gasteiger partial charge in [-0.3, -0.25) is 9.36 Å². The van der Waals surface area contributed by atoms with E-state index < -0.39 is 0 Å². The average molecular weight is 526 g/mol. The smallest absolute Gasteiger partial charge is 0.250 e. The summed E-state index contributed by atoms with van der Waals surface area (Å²) < 4.78 is 1.93. The summed E-state index contributed by atoms with van der Waals surface area (Å²) >= 11 is 7.41. The molecule has 5 rings (SSSR count). The third-order valence-corrected chi connectivity index (χ3v) is 7.07. The number of fused-ring (bicyclic) bond motifs is 1. The summed E-state index contributed by atoms with van der Waals surface area (Å²) in [6.45, 7) is 3.93. The Labute approximate surface area is 224 Å². The van der Waals surface area contributed by atoms with Crippen LogP contribution >= 0.6 is 23.4 Å². The van der Waals surface area contributed by atoms with Crippen LogP contribution in [0.3, 0.4) is 0 Å². The molecule has 184 valence electrons. The minimum Gasteiger partial charge on any atom is -0.272 e. The van der Waals surface area contributed by atoms with E-state index in [2.05, 4.69) is 38.9 Å². The summed E-state index contributed by atoms with van der Waals surface area (Å²) in [7, 11) is 0. The summed E-state index contributed by atoms with van der Waals surface area (Å²) in [4.78, 5) is 12.7. The lowest BCUT2D eigenvalue weighted by Gasteiger charge is -2.11. The number of nitrogens with zero attached hydrogens (tertiary/aromatic N) is 4. The maximum Gasteiger partial charge on any atom is 0.250 e. The highest BCUT2D eigenvalue weighted by atomic mass is 35.5. The number of hydrogen-bond acceptors (Lipinski definition) is 5. The highest BCUT2D eigenvalue weighted by Crippen LogP contribution is 2.29. The monoisotopic (exact) mass is 525 g/mol. The van der Waals surface area contributed by atoms with Gasteiger partial charge in [0.1, 0.15) is 0 Å². The predicted molar refractivity (Wildman–Crippen MR) is 152 cm³/mol. The van der Waals surface area contributed by atoms with Gasteiger partial charge in [0.25, 0.3) is 5.91 Å². The lowest BCUT2D eigenvalue weighted by Crippen LogP contribution is -2.21. The summed E-state index contributed by atoms with van der Waals surface area (Å²) in [6, 6.07) is 29.7. The van der Waals surface area contributed by atoms with Gasteiger partial charge in [-0.15, -0.1) is 10.2 Å². The van der Waals surface area contributed by atoms with Crippen LogP contribution in [0.1, 0.15) is 18.1 Å². The molecule has 0 unspecified atom stereocenters. The van der Waals surface area contributed by atoms with Gasteiger partial charge in [0, 0.05) is 21.8 Å². The quantitative estimate of drug-likeness (QED) is 0.146. The zero-order valence-corrected chi connectivity index (χ0v) is 21.9. The van der Waals surface area contributed by atoms with Crippen molar-refractivity contribution in [1.82, 2.24) is 20.2 Å². The first-order valence-corrected chi connectivity index (χ1v) is 13.1. The van der Waals surface area contributed by atoms with Crippen molar-refractivity contribution in [2.45, 2.75) is 19.0 Å².